The average Bonchev–Trinajstić information content (AvgIpc) is 3.11. The molecule has 3 rings (SSSR count). The minimum atomic E-state index is -0.889. The second-order valence-corrected chi connectivity index (χ2v) is 8.24. The zero-order valence-electron chi connectivity index (χ0n) is 11.0. The quantitative estimate of drug-likeness (QED) is 0.797. The predicted octanol–water partition coefficient (Wildman–Crippen LogP) is 3.42. The Morgan fingerprint density at radius 2 is 2.36 bits per heavy atom. The number of aromatic nitrogens is 1. The van der Waals surface area contributed by atoms with E-state index in [9.17, 15) is 9.59 Å². The second kappa shape index (κ2) is 6.53. The number of thiophene rings is 1. The van der Waals surface area contributed by atoms with Crippen LogP contribution >= 0.6 is 50.4 Å². The van der Waals surface area contributed by atoms with Crippen LogP contribution in [0, 0.1) is 0 Å². The molecule has 2 N–H and O–H groups in total. The third-order valence-electron chi connectivity index (χ3n) is 2.73. The van der Waals surface area contributed by atoms with Gasteiger partial charge in [-0.15, -0.1) is 22.7 Å². The van der Waals surface area contributed by atoms with E-state index in [4.69, 9.17) is 5.11 Å². The van der Waals surface area contributed by atoms with Gasteiger partial charge < -0.3 is 10.4 Å². The summed E-state index contributed by atoms with van der Waals surface area (Å²) < 4.78 is 0.900. The number of carbonyl (C=O) groups excluding carboxylic acids is 1. The van der Waals surface area contributed by atoms with E-state index in [2.05, 4.69) is 26.2 Å². The van der Waals surface area contributed by atoms with Crippen molar-refractivity contribution < 1.29 is 14.7 Å². The maximum absolute atomic E-state index is 11.2. The van der Waals surface area contributed by atoms with Gasteiger partial charge in [-0.2, -0.15) is 0 Å². The zero-order valence-corrected chi connectivity index (χ0v) is 15.0. The molecule has 1 fully saturated rings. The Kier molecular flexibility index (Phi) is 4.67. The van der Waals surface area contributed by atoms with Gasteiger partial charge in [0, 0.05) is 15.4 Å². The van der Waals surface area contributed by atoms with Crippen LogP contribution in [-0.4, -0.2) is 27.7 Å². The van der Waals surface area contributed by atoms with E-state index < -0.39 is 5.97 Å². The van der Waals surface area contributed by atoms with E-state index in [1.54, 1.807) is 6.08 Å². The van der Waals surface area contributed by atoms with Gasteiger partial charge in [-0.3, -0.25) is 9.59 Å². The van der Waals surface area contributed by atoms with Crippen LogP contribution in [-0.2, 0) is 16.0 Å². The Bertz CT molecular complexity index is 781. The van der Waals surface area contributed by atoms with Crippen LogP contribution in [0.5, 0.6) is 0 Å². The topological polar surface area (TPSA) is 79.3 Å². The molecule has 1 aliphatic heterocycles. The summed E-state index contributed by atoms with van der Waals surface area (Å²) in [4.78, 5) is 28.5. The number of carboxylic acid groups (broad SMARTS) is 1. The molecule has 5 nitrogen and oxygen atoms in total. The Hall–Kier alpha value is -1.16. The van der Waals surface area contributed by atoms with E-state index in [-0.39, 0.29) is 12.3 Å². The molecule has 0 radical (unpaired) electrons. The minimum absolute atomic E-state index is 0.0280. The molecule has 9 heteroatoms. The van der Waals surface area contributed by atoms with Crippen LogP contribution in [0.25, 0.3) is 16.6 Å². The van der Waals surface area contributed by atoms with Gasteiger partial charge >= 0.3 is 5.97 Å². The Morgan fingerprint density at radius 1 is 1.55 bits per heavy atom. The molecule has 0 spiro atoms. The van der Waals surface area contributed by atoms with Crippen molar-refractivity contribution in [2.45, 2.75) is 6.42 Å². The van der Waals surface area contributed by atoms with Gasteiger partial charge in [0.25, 0.3) is 0 Å². The number of hydrogen-bond donors (Lipinski definition) is 2. The molecule has 0 saturated carbocycles. The Labute approximate surface area is 146 Å². The molecule has 2 aromatic heterocycles. The number of hydrogen-bond acceptors (Lipinski definition) is 6. The number of aliphatic carboxylic acids is 1. The number of amides is 1. The van der Waals surface area contributed by atoms with Crippen molar-refractivity contribution in [1.29, 1.82) is 0 Å². The number of thiazole rings is 1. The van der Waals surface area contributed by atoms with Crippen LogP contribution in [0.2, 0.25) is 0 Å². The van der Waals surface area contributed by atoms with Crippen LogP contribution in [0.1, 0.15) is 9.88 Å². The minimum Gasteiger partial charge on any atom is -0.481 e. The lowest BCUT2D eigenvalue weighted by Gasteiger charge is -1.97. The van der Waals surface area contributed by atoms with Gasteiger partial charge in [0.05, 0.1) is 27.8 Å². The second-order valence-electron chi connectivity index (χ2n) is 4.34. The van der Waals surface area contributed by atoms with Crippen molar-refractivity contribution in [3.63, 3.8) is 0 Å². The number of carbonyl (C=O) groups is 2. The predicted molar refractivity (Wildman–Crippen MR) is 93.0 cm³/mol. The number of nitrogens with one attached hydrogen (secondary N) is 1. The molecule has 1 aliphatic rings. The lowest BCUT2D eigenvalue weighted by atomic mass is 10.2. The van der Waals surface area contributed by atoms with Crippen LogP contribution in [0.15, 0.2) is 20.9 Å². The van der Waals surface area contributed by atoms with Crippen molar-refractivity contribution in [3.05, 3.63) is 30.8 Å². The number of halogens is 1. The molecule has 2 aromatic rings. The summed E-state index contributed by atoms with van der Waals surface area (Å²) in [5.41, 5.74) is 0.690. The van der Waals surface area contributed by atoms with Crippen molar-refractivity contribution in [2.24, 2.45) is 0 Å². The van der Waals surface area contributed by atoms with Gasteiger partial charge in [-0.05, 0) is 27.4 Å². The van der Waals surface area contributed by atoms with Gasteiger partial charge in [-0.25, -0.2) is 4.98 Å². The van der Waals surface area contributed by atoms with Crippen LogP contribution in [0.3, 0.4) is 0 Å². The van der Waals surface area contributed by atoms with Crippen molar-refractivity contribution in [1.82, 2.24) is 10.3 Å². The average molecular weight is 417 g/mol. The number of rotatable bonds is 4. The van der Waals surface area contributed by atoms with E-state index in [0.29, 0.717) is 21.3 Å². The molecular formula is C13H9BrN2O3S3. The fourth-order valence-electron chi connectivity index (χ4n) is 1.87. The van der Waals surface area contributed by atoms with E-state index >= 15 is 0 Å². The summed E-state index contributed by atoms with van der Waals surface area (Å²) in [6, 6.07) is 1.91. The monoisotopic (exact) mass is 416 g/mol. The first kappa shape index (κ1) is 15.7. The molecule has 22 heavy (non-hydrogen) atoms. The summed E-state index contributed by atoms with van der Waals surface area (Å²) in [5.74, 6) is -0.511. The number of nitrogens with zero attached hydrogens (tertiary/aromatic N) is 1. The van der Waals surface area contributed by atoms with E-state index in [1.807, 2.05) is 11.4 Å². The highest BCUT2D eigenvalue weighted by molar-refractivity contribution is 9.10. The normalized spacial score (nSPS) is 16.2. The summed E-state index contributed by atoms with van der Waals surface area (Å²) in [7, 11) is 0. The van der Waals surface area contributed by atoms with Gasteiger partial charge in [0.15, 0.2) is 0 Å². The lowest BCUT2D eigenvalue weighted by Crippen LogP contribution is -2.13. The zero-order chi connectivity index (χ0) is 15.7. The van der Waals surface area contributed by atoms with Crippen LogP contribution in [0.4, 0.5) is 0 Å². The number of thioether (sulfide) groups is 1. The molecule has 1 saturated heterocycles. The molecule has 0 aromatic carbocycles. The van der Waals surface area contributed by atoms with Gasteiger partial charge in [-0.1, -0.05) is 11.8 Å². The maximum Gasteiger partial charge on any atom is 0.308 e. The summed E-state index contributed by atoms with van der Waals surface area (Å²) in [5, 5.41) is 15.2. The summed E-state index contributed by atoms with van der Waals surface area (Å²) >= 11 is 7.72. The fraction of sp³-hybridized carbons (Fsp3) is 0.154. The molecular weight excluding hydrogens is 408 g/mol. The Morgan fingerprint density at radius 3 is 2.95 bits per heavy atom. The highest BCUT2D eigenvalue weighted by atomic mass is 79.9. The molecule has 3 heterocycles. The SMILES string of the molecule is O=C(O)Cc1sc(/C=C2\NC(=O)CS2)nc1-c1sccc1Br. The Balaban J connectivity index is 1.99. The van der Waals surface area contributed by atoms with E-state index in [0.717, 1.165) is 14.4 Å². The fourth-order valence-corrected chi connectivity index (χ4v) is 5.33. The van der Waals surface area contributed by atoms with Crippen molar-refractivity contribution in [2.75, 3.05) is 5.75 Å². The smallest absolute Gasteiger partial charge is 0.308 e. The first-order chi connectivity index (χ1) is 10.5. The molecule has 0 bridgehead atoms. The summed E-state index contributed by atoms with van der Waals surface area (Å²) in [6.07, 6.45) is 1.72. The third-order valence-corrected chi connectivity index (χ3v) is 6.52. The van der Waals surface area contributed by atoms with Crippen molar-refractivity contribution >= 4 is 68.3 Å². The van der Waals surface area contributed by atoms with E-state index in [1.165, 1.54) is 34.4 Å². The van der Waals surface area contributed by atoms with Crippen LogP contribution < -0.4 is 5.32 Å². The molecule has 0 aliphatic carbocycles. The first-order valence-corrected chi connectivity index (χ1v) is 9.59. The maximum atomic E-state index is 11.2. The van der Waals surface area contributed by atoms with Crippen molar-refractivity contribution in [3.8, 4) is 10.6 Å². The molecule has 0 unspecified atom stereocenters. The largest absolute Gasteiger partial charge is 0.481 e. The molecule has 1 amide bonds. The van der Waals surface area contributed by atoms with Gasteiger partial charge in [0.2, 0.25) is 5.91 Å². The van der Waals surface area contributed by atoms with Gasteiger partial charge in [0.1, 0.15) is 5.01 Å². The molecule has 114 valence electrons. The molecule has 0 atom stereocenters. The lowest BCUT2D eigenvalue weighted by molar-refractivity contribution is -0.136. The first-order valence-electron chi connectivity index (χ1n) is 6.12. The highest BCUT2D eigenvalue weighted by Gasteiger charge is 2.20. The standard InChI is InChI=1S/C13H9BrN2O3S3/c14-6-1-2-20-13(6)12-7(3-11(18)19)22-10(16-12)4-9-15-8(17)5-21-9/h1-2,4H,3,5H2,(H,15,17)(H,18,19)/b9-4+. The summed E-state index contributed by atoms with van der Waals surface area (Å²) in [6.45, 7) is 0. The highest BCUT2D eigenvalue weighted by Crippen LogP contribution is 2.38. The third kappa shape index (κ3) is 3.43. The number of carboxylic acids is 1.